The zero-order valence-corrected chi connectivity index (χ0v) is 10.4. The van der Waals surface area contributed by atoms with Gasteiger partial charge in [-0.3, -0.25) is 0 Å². The lowest BCUT2D eigenvalue weighted by molar-refractivity contribution is 0.169. The smallest absolute Gasteiger partial charge is 0.0284 e. The predicted octanol–water partition coefficient (Wildman–Crippen LogP) is 0.620. The van der Waals surface area contributed by atoms with Gasteiger partial charge < -0.3 is 15.1 Å². The van der Waals surface area contributed by atoms with Crippen molar-refractivity contribution in [1.82, 2.24) is 15.1 Å². The van der Waals surface area contributed by atoms with Gasteiger partial charge in [0.15, 0.2) is 0 Å². The number of likely N-dealkylation sites (tertiary alicyclic amines) is 1. The van der Waals surface area contributed by atoms with Crippen LogP contribution in [-0.4, -0.2) is 62.7 Å². The van der Waals surface area contributed by atoms with Crippen LogP contribution in [0.3, 0.4) is 0 Å². The molecule has 2 saturated heterocycles. The molecule has 3 atom stereocenters. The Morgan fingerprint density at radius 1 is 1.33 bits per heavy atom. The zero-order valence-electron chi connectivity index (χ0n) is 10.4. The van der Waals surface area contributed by atoms with Crippen LogP contribution in [0.15, 0.2) is 0 Å². The molecule has 0 aromatic heterocycles. The highest BCUT2D eigenvalue weighted by Gasteiger charge is 2.35. The lowest BCUT2D eigenvalue weighted by Gasteiger charge is -2.35. The molecule has 2 aliphatic rings. The van der Waals surface area contributed by atoms with Gasteiger partial charge in [0.2, 0.25) is 0 Å². The Kier molecular flexibility index (Phi) is 3.65. The summed E-state index contributed by atoms with van der Waals surface area (Å²) in [5.41, 5.74) is 0. The third-order valence-corrected chi connectivity index (χ3v) is 4.02. The molecule has 3 heteroatoms. The molecule has 1 N–H and O–H groups in total. The lowest BCUT2D eigenvalue weighted by Crippen LogP contribution is -2.49. The fraction of sp³-hybridized carbons (Fsp3) is 1.00. The summed E-state index contributed by atoms with van der Waals surface area (Å²) >= 11 is 0. The summed E-state index contributed by atoms with van der Waals surface area (Å²) in [6.45, 7) is 3.78. The van der Waals surface area contributed by atoms with E-state index in [1.807, 2.05) is 0 Å². The number of hydrogen-bond acceptors (Lipinski definition) is 3. The average Bonchev–Trinajstić information content (AvgIpc) is 2.77. The highest BCUT2D eigenvalue weighted by molar-refractivity contribution is 4.94. The molecule has 0 spiro atoms. The van der Waals surface area contributed by atoms with Crippen LogP contribution < -0.4 is 5.32 Å². The van der Waals surface area contributed by atoms with Crippen molar-refractivity contribution in [2.45, 2.75) is 31.3 Å². The van der Waals surface area contributed by atoms with Gasteiger partial charge in [-0.25, -0.2) is 0 Å². The van der Waals surface area contributed by atoms with Crippen LogP contribution in [0.4, 0.5) is 0 Å². The van der Waals surface area contributed by atoms with Crippen molar-refractivity contribution in [3.8, 4) is 0 Å². The average molecular weight is 211 g/mol. The van der Waals surface area contributed by atoms with Crippen molar-refractivity contribution in [3.05, 3.63) is 0 Å². The Morgan fingerprint density at radius 2 is 2.13 bits per heavy atom. The molecule has 3 unspecified atom stereocenters. The fourth-order valence-electron chi connectivity index (χ4n) is 3.36. The van der Waals surface area contributed by atoms with Crippen molar-refractivity contribution in [2.24, 2.45) is 5.92 Å². The maximum atomic E-state index is 3.67. The Morgan fingerprint density at radius 3 is 2.60 bits per heavy atom. The molecule has 0 radical (unpaired) electrons. The minimum absolute atomic E-state index is 0.733. The maximum absolute atomic E-state index is 3.67. The van der Waals surface area contributed by atoms with Crippen LogP contribution in [0.2, 0.25) is 0 Å². The molecule has 2 rings (SSSR count). The monoisotopic (exact) mass is 211 g/mol. The van der Waals surface area contributed by atoms with Crippen molar-refractivity contribution in [1.29, 1.82) is 0 Å². The van der Waals surface area contributed by atoms with E-state index in [1.54, 1.807) is 0 Å². The molecule has 0 aliphatic carbocycles. The van der Waals surface area contributed by atoms with Crippen LogP contribution in [-0.2, 0) is 0 Å². The molecule has 2 heterocycles. The van der Waals surface area contributed by atoms with E-state index in [1.165, 1.54) is 38.9 Å². The van der Waals surface area contributed by atoms with Crippen molar-refractivity contribution in [2.75, 3.05) is 40.8 Å². The minimum Gasteiger partial charge on any atom is -0.312 e. The number of likely N-dealkylation sites (N-methyl/N-ethyl adjacent to an activating group) is 1. The molecule has 0 bridgehead atoms. The summed E-state index contributed by atoms with van der Waals surface area (Å²) in [6, 6.07) is 1.47. The highest BCUT2D eigenvalue weighted by atomic mass is 15.2. The molecule has 0 saturated carbocycles. The Balaban J connectivity index is 1.99. The van der Waals surface area contributed by atoms with E-state index in [2.05, 4.69) is 36.3 Å². The second-order valence-corrected chi connectivity index (χ2v) is 5.47. The molecule has 0 aromatic rings. The lowest BCUT2D eigenvalue weighted by atomic mass is 9.90. The van der Waals surface area contributed by atoms with Gasteiger partial charge in [-0.1, -0.05) is 0 Å². The van der Waals surface area contributed by atoms with Gasteiger partial charge in [-0.05, 0) is 59.4 Å². The van der Waals surface area contributed by atoms with E-state index in [9.17, 15) is 0 Å². The summed E-state index contributed by atoms with van der Waals surface area (Å²) < 4.78 is 0. The summed E-state index contributed by atoms with van der Waals surface area (Å²) in [5, 5.41) is 3.67. The molecule has 2 fully saturated rings. The summed E-state index contributed by atoms with van der Waals surface area (Å²) in [5.74, 6) is 0.862. The van der Waals surface area contributed by atoms with Crippen LogP contribution >= 0.6 is 0 Å². The number of rotatable bonds is 3. The molecule has 15 heavy (non-hydrogen) atoms. The first-order valence-electron chi connectivity index (χ1n) is 6.27. The van der Waals surface area contributed by atoms with Gasteiger partial charge in [0.25, 0.3) is 0 Å². The number of hydrogen-bond donors (Lipinski definition) is 1. The summed E-state index contributed by atoms with van der Waals surface area (Å²) in [7, 11) is 6.72. The van der Waals surface area contributed by atoms with E-state index in [-0.39, 0.29) is 0 Å². The van der Waals surface area contributed by atoms with Gasteiger partial charge in [-0.2, -0.15) is 0 Å². The molecular weight excluding hydrogens is 186 g/mol. The Labute approximate surface area is 93.8 Å². The second-order valence-electron chi connectivity index (χ2n) is 5.47. The van der Waals surface area contributed by atoms with E-state index >= 15 is 0 Å². The van der Waals surface area contributed by atoms with Gasteiger partial charge in [0, 0.05) is 18.6 Å². The third kappa shape index (κ3) is 2.52. The zero-order chi connectivity index (χ0) is 10.8. The molecule has 88 valence electrons. The Bertz CT molecular complexity index is 199. The van der Waals surface area contributed by atoms with Crippen LogP contribution in [0, 0.1) is 5.92 Å². The predicted molar refractivity (Wildman–Crippen MR) is 64.1 cm³/mol. The van der Waals surface area contributed by atoms with Crippen LogP contribution in [0.5, 0.6) is 0 Å². The van der Waals surface area contributed by atoms with E-state index in [0.29, 0.717) is 0 Å². The molecule has 0 aromatic carbocycles. The topological polar surface area (TPSA) is 18.5 Å². The van der Waals surface area contributed by atoms with Gasteiger partial charge in [-0.15, -0.1) is 0 Å². The summed E-state index contributed by atoms with van der Waals surface area (Å²) in [4.78, 5) is 4.91. The SMILES string of the molecule is CN1CCC(C(C2CCCN2)N(C)C)C1. The van der Waals surface area contributed by atoms with Gasteiger partial charge >= 0.3 is 0 Å². The first-order chi connectivity index (χ1) is 7.18. The van der Waals surface area contributed by atoms with Crippen LogP contribution in [0.1, 0.15) is 19.3 Å². The molecule has 3 nitrogen and oxygen atoms in total. The molecule has 0 amide bonds. The third-order valence-electron chi connectivity index (χ3n) is 4.02. The van der Waals surface area contributed by atoms with E-state index in [4.69, 9.17) is 0 Å². The summed E-state index contributed by atoms with van der Waals surface area (Å²) in [6.07, 6.45) is 4.10. The maximum Gasteiger partial charge on any atom is 0.0284 e. The normalized spacial score (nSPS) is 35.2. The standard InChI is InChI=1S/C12H25N3/c1-14(2)12(11-5-4-7-13-11)10-6-8-15(3)9-10/h10-13H,4-9H2,1-3H3. The number of nitrogens with zero attached hydrogens (tertiary/aromatic N) is 2. The number of nitrogens with one attached hydrogen (secondary N) is 1. The van der Waals surface area contributed by atoms with E-state index in [0.717, 1.165) is 18.0 Å². The van der Waals surface area contributed by atoms with Crippen molar-refractivity contribution >= 4 is 0 Å². The minimum atomic E-state index is 0.733. The van der Waals surface area contributed by atoms with E-state index < -0.39 is 0 Å². The van der Waals surface area contributed by atoms with Gasteiger partial charge in [0.1, 0.15) is 0 Å². The van der Waals surface area contributed by atoms with Crippen molar-refractivity contribution in [3.63, 3.8) is 0 Å². The first-order valence-corrected chi connectivity index (χ1v) is 6.27. The van der Waals surface area contributed by atoms with Crippen molar-refractivity contribution < 1.29 is 0 Å². The highest BCUT2D eigenvalue weighted by Crippen LogP contribution is 2.26. The molecular formula is C12H25N3. The molecule has 2 aliphatic heterocycles. The van der Waals surface area contributed by atoms with Gasteiger partial charge in [0.05, 0.1) is 0 Å². The largest absolute Gasteiger partial charge is 0.312 e. The van der Waals surface area contributed by atoms with Crippen LogP contribution in [0.25, 0.3) is 0 Å². The quantitative estimate of drug-likeness (QED) is 0.738. The second kappa shape index (κ2) is 4.81. The Hall–Kier alpha value is -0.120. The first kappa shape index (κ1) is 11.4. The fourth-order valence-corrected chi connectivity index (χ4v) is 3.36.